The normalized spacial score (nSPS) is 19.2. The summed E-state index contributed by atoms with van der Waals surface area (Å²) in [4.78, 5) is 13.5. The van der Waals surface area contributed by atoms with Crippen molar-refractivity contribution < 1.29 is 9.90 Å². The van der Waals surface area contributed by atoms with E-state index in [1.807, 2.05) is 29.2 Å². The molecule has 20 heavy (non-hydrogen) atoms. The maximum Gasteiger partial charge on any atom is 0.358 e. The van der Waals surface area contributed by atoms with Crippen LogP contribution in [0.1, 0.15) is 23.3 Å². The lowest BCUT2D eigenvalue weighted by atomic mass is 10.0. The molecule has 0 amide bonds. The number of hydrogen-bond donors (Lipinski definition) is 2. The molecule has 2 aromatic rings. The minimum atomic E-state index is -1.06. The zero-order valence-electron chi connectivity index (χ0n) is 11.0. The van der Waals surface area contributed by atoms with Gasteiger partial charge in [-0.25, -0.2) is 4.79 Å². The lowest BCUT2D eigenvalue weighted by Gasteiger charge is -2.33. The number of nitrogens with zero attached hydrogens (tertiary/aromatic N) is 3. The molecule has 1 fully saturated rings. The number of aromatic nitrogens is 2. The maximum atomic E-state index is 11.4. The first-order valence-electron chi connectivity index (χ1n) is 6.66. The molecule has 0 aliphatic carbocycles. The van der Waals surface area contributed by atoms with E-state index in [9.17, 15) is 9.90 Å². The number of fused-ring (bicyclic) bond motifs is 1. The molecule has 2 heterocycles. The minimum Gasteiger partial charge on any atom is -0.476 e. The first-order chi connectivity index (χ1) is 9.66. The van der Waals surface area contributed by atoms with Crippen LogP contribution in [0.5, 0.6) is 0 Å². The van der Waals surface area contributed by atoms with Crippen LogP contribution in [0.15, 0.2) is 24.3 Å². The molecule has 3 N–H and O–H groups in total. The Balaban J connectivity index is 2.19. The fraction of sp³-hybridized carbons (Fsp3) is 0.357. The number of nitrogens with two attached hydrogens (primary N) is 1. The first kappa shape index (κ1) is 12.8. The van der Waals surface area contributed by atoms with Gasteiger partial charge in [0.15, 0.2) is 5.69 Å². The van der Waals surface area contributed by atoms with Crippen molar-refractivity contribution in [3.63, 3.8) is 0 Å². The third-order valence-electron chi connectivity index (χ3n) is 3.62. The molecular formula is C14H16N4O2. The van der Waals surface area contributed by atoms with Gasteiger partial charge in [-0.2, -0.15) is 0 Å². The molecule has 0 radical (unpaired) electrons. The predicted octanol–water partition coefficient (Wildman–Crippen LogP) is 1.26. The fourth-order valence-corrected chi connectivity index (χ4v) is 2.72. The highest BCUT2D eigenvalue weighted by molar-refractivity contribution is 6.02. The molecule has 1 aromatic carbocycles. The average molecular weight is 272 g/mol. The third-order valence-corrected chi connectivity index (χ3v) is 3.62. The Morgan fingerprint density at radius 2 is 2.15 bits per heavy atom. The summed E-state index contributed by atoms with van der Waals surface area (Å²) in [6.45, 7) is 1.44. The molecule has 0 saturated carbocycles. The van der Waals surface area contributed by atoms with E-state index in [4.69, 9.17) is 5.73 Å². The smallest absolute Gasteiger partial charge is 0.358 e. The number of carbonyl (C=O) groups is 1. The highest BCUT2D eigenvalue weighted by Gasteiger charge is 2.25. The summed E-state index contributed by atoms with van der Waals surface area (Å²) in [6, 6.07) is 7.52. The van der Waals surface area contributed by atoms with Crippen molar-refractivity contribution in [1.82, 2.24) is 10.2 Å². The van der Waals surface area contributed by atoms with Crippen molar-refractivity contribution in [3.8, 4) is 0 Å². The number of aromatic carboxylic acids is 1. The second-order valence-electron chi connectivity index (χ2n) is 5.07. The second kappa shape index (κ2) is 5.05. The van der Waals surface area contributed by atoms with Gasteiger partial charge in [0.1, 0.15) is 0 Å². The van der Waals surface area contributed by atoms with E-state index in [1.54, 1.807) is 0 Å². The van der Waals surface area contributed by atoms with Crippen LogP contribution in [-0.4, -0.2) is 40.4 Å². The lowest BCUT2D eigenvalue weighted by molar-refractivity contribution is 0.0690. The van der Waals surface area contributed by atoms with E-state index >= 15 is 0 Å². The molecule has 1 aliphatic rings. The molecular weight excluding hydrogens is 256 g/mol. The Kier molecular flexibility index (Phi) is 3.23. The van der Waals surface area contributed by atoms with Gasteiger partial charge in [0, 0.05) is 24.5 Å². The van der Waals surface area contributed by atoms with Crippen LogP contribution in [0.2, 0.25) is 0 Å². The van der Waals surface area contributed by atoms with Crippen molar-refractivity contribution in [2.24, 2.45) is 5.73 Å². The van der Waals surface area contributed by atoms with Gasteiger partial charge in [-0.05, 0) is 18.9 Å². The van der Waals surface area contributed by atoms with Gasteiger partial charge in [0.25, 0.3) is 0 Å². The molecule has 6 heteroatoms. The fourth-order valence-electron chi connectivity index (χ4n) is 2.72. The molecule has 1 unspecified atom stereocenters. The van der Waals surface area contributed by atoms with E-state index in [1.165, 1.54) is 0 Å². The monoisotopic (exact) mass is 272 g/mol. The Morgan fingerprint density at radius 1 is 1.35 bits per heavy atom. The molecule has 1 atom stereocenters. The Hall–Kier alpha value is -2.21. The zero-order chi connectivity index (χ0) is 14.1. The van der Waals surface area contributed by atoms with Crippen LogP contribution in [0, 0.1) is 0 Å². The van der Waals surface area contributed by atoms with E-state index in [0.717, 1.165) is 24.8 Å². The number of piperidine rings is 1. The molecule has 0 bridgehead atoms. The summed E-state index contributed by atoms with van der Waals surface area (Å²) in [7, 11) is 0. The van der Waals surface area contributed by atoms with Crippen molar-refractivity contribution in [1.29, 1.82) is 0 Å². The molecule has 1 aromatic heterocycles. The summed E-state index contributed by atoms with van der Waals surface area (Å²) in [5, 5.41) is 18.0. The number of carboxylic acids is 1. The van der Waals surface area contributed by atoms with E-state index < -0.39 is 5.97 Å². The summed E-state index contributed by atoms with van der Waals surface area (Å²) in [5.74, 6) is -1.06. The van der Waals surface area contributed by atoms with Gasteiger partial charge in [0.2, 0.25) is 0 Å². The first-order valence-corrected chi connectivity index (χ1v) is 6.66. The van der Waals surface area contributed by atoms with Crippen LogP contribution in [0.25, 0.3) is 10.9 Å². The number of benzene rings is 1. The van der Waals surface area contributed by atoms with Crippen molar-refractivity contribution in [2.75, 3.05) is 18.0 Å². The molecule has 104 valence electrons. The van der Waals surface area contributed by atoms with E-state index in [2.05, 4.69) is 10.2 Å². The number of hydrogen-bond acceptors (Lipinski definition) is 5. The third kappa shape index (κ3) is 2.18. The largest absolute Gasteiger partial charge is 0.476 e. The van der Waals surface area contributed by atoms with Gasteiger partial charge in [0.05, 0.1) is 11.2 Å². The zero-order valence-corrected chi connectivity index (χ0v) is 11.0. The quantitative estimate of drug-likeness (QED) is 0.855. The van der Waals surface area contributed by atoms with Crippen LogP contribution in [-0.2, 0) is 0 Å². The number of rotatable bonds is 2. The lowest BCUT2D eigenvalue weighted by Crippen LogP contribution is -2.43. The standard InChI is InChI=1S/C14H16N4O2/c15-9-4-3-7-18(8-9)13-10-5-1-2-6-11(10)16-17-12(13)14(19)20/h1-2,5-6,9H,3-4,7-8,15H2,(H,19,20). The number of anilines is 1. The van der Waals surface area contributed by atoms with Crippen LogP contribution in [0.4, 0.5) is 5.69 Å². The molecule has 1 aliphatic heterocycles. The van der Waals surface area contributed by atoms with Crippen molar-refractivity contribution in [3.05, 3.63) is 30.0 Å². The molecule has 0 spiro atoms. The van der Waals surface area contributed by atoms with Crippen LogP contribution >= 0.6 is 0 Å². The minimum absolute atomic E-state index is 0.00204. The summed E-state index contributed by atoms with van der Waals surface area (Å²) in [6.07, 6.45) is 1.92. The van der Waals surface area contributed by atoms with Crippen molar-refractivity contribution >= 4 is 22.6 Å². The Bertz CT molecular complexity index is 659. The maximum absolute atomic E-state index is 11.4. The molecule has 3 rings (SSSR count). The Morgan fingerprint density at radius 3 is 2.90 bits per heavy atom. The SMILES string of the molecule is NC1CCCN(c2c(C(=O)O)nnc3ccccc23)C1. The van der Waals surface area contributed by atoms with E-state index in [0.29, 0.717) is 17.7 Å². The van der Waals surface area contributed by atoms with Crippen LogP contribution < -0.4 is 10.6 Å². The summed E-state index contributed by atoms with van der Waals surface area (Å²) < 4.78 is 0. The van der Waals surface area contributed by atoms with Gasteiger partial charge in [-0.1, -0.05) is 18.2 Å². The second-order valence-corrected chi connectivity index (χ2v) is 5.07. The highest BCUT2D eigenvalue weighted by Crippen LogP contribution is 2.30. The van der Waals surface area contributed by atoms with Crippen molar-refractivity contribution in [2.45, 2.75) is 18.9 Å². The van der Waals surface area contributed by atoms with Gasteiger partial charge < -0.3 is 15.7 Å². The summed E-state index contributed by atoms with van der Waals surface area (Å²) >= 11 is 0. The van der Waals surface area contributed by atoms with Gasteiger partial charge >= 0.3 is 5.97 Å². The average Bonchev–Trinajstić information content (AvgIpc) is 2.46. The Labute approximate surface area is 116 Å². The molecule has 6 nitrogen and oxygen atoms in total. The van der Waals surface area contributed by atoms with E-state index in [-0.39, 0.29) is 11.7 Å². The predicted molar refractivity (Wildman–Crippen MR) is 75.9 cm³/mol. The van der Waals surface area contributed by atoms with Crippen LogP contribution in [0.3, 0.4) is 0 Å². The topological polar surface area (TPSA) is 92.3 Å². The molecule has 1 saturated heterocycles. The number of carboxylic acid groups (broad SMARTS) is 1. The summed E-state index contributed by atoms with van der Waals surface area (Å²) in [5.41, 5.74) is 7.34. The highest BCUT2D eigenvalue weighted by atomic mass is 16.4. The van der Waals surface area contributed by atoms with Gasteiger partial charge in [-0.3, -0.25) is 0 Å². The van der Waals surface area contributed by atoms with Gasteiger partial charge in [-0.15, -0.1) is 10.2 Å².